The number of Topliss-reactive ketones (excluding diaryl/α,β-unsaturated/α-hetero) is 1. The molecule has 160 valence electrons. The van der Waals surface area contributed by atoms with Gasteiger partial charge in [0.1, 0.15) is 0 Å². The molecule has 0 atom stereocenters. The molecule has 32 heavy (non-hydrogen) atoms. The lowest BCUT2D eigenvalue weighted by Gasteiger charge is -2.34. The van der Waals surface area contributed by atoms with Crippen LogP contribution in [0.1, 0.15) is 26.4 Å². The maximum atomic E-state index is 13.2. The van der Waals surface area contributed by atoms with Gasteiger partial charge < -0.3 is 14.8 Å². The summed E-state index contributed by atoms with van der Waals surface area (Å²) < 4.78 is 0. The van der Waals surface area contributed by atoms with Gasteiger partial charge in [-0.3, -0.25) is 14.4 Å². The number of rotatable bonds is 3. The molecule has 3 aromatic carbocycles. The molecule has 1 aromatic heterocycles. The molecule has 4 aromatic rings. The highest BCUT2D eigenvalue weighted by atomic mass is 16.2. The molecule has 0 aliphatic carbocycles. The van der Waals surface area contributed by atoms with E-state index in [9.17, 15) is 14.4 Å². The number of fused-ring (bicyclic) bond motifs is 2. The average molecular weight is 425 g/mol. The fourth-order valence-electron chi connectivity index (χ4n) is 4.51. The van der Waals surface area contributed by atoms with Crippen LogP contribution in [-0.4, -0.2) is 58.6 Å². The van der Waals surface area contributed by atoms with Gasteiger partial charge in [0.2, 0.25) is 0 Å². The maximum absolute atomic E-state index is 13.2. The molecule has 6 heteroatoms. The molecule has 1 N–H and O–H groups in total. The lowest BCUT2D eigenvalue weighted by molar-refractivity contribution is -0.127. The first kappa shape index (κ1) is 20.0. The number of hydrogen-bond donors (Lipinski definition) is 1. The first-order valence-corrected chi connectivity index (χ1v) is 10.7. The van der Waals surface area contributed by atoms with Gasteiger partial charge in [0.05, 0.1) is 5.56 Å². The van der Waals surface area contributed by atoms with Gasteiger partial charge in [-0.1, -0.05) is 54.6 Å². The van der Waals surface area contributed by atoms with Crippen molar-refractivity contribution in [3.63, 3.8) is 0 Å². The van der Waals surface area contributed by atoms with Crippen molar-refractivity contribution in [2.45, 2.75) is 6.92 Å². The van der Waals surface area contributed by atoms with Crippen molar-refractivity contribution in [3.05, 3.63) is 83.6 Å². The predicted molar refractivity (Wildman–Crippen MR) is 124 cm³/mol. The SMILES string of the molecule is Cc1[nH]c2ccccc2c1C(=O)C(=O)N1CCN(C(=O)c2cccc3ccccc23)CC1. The Balaban J connectivity index is 1.31. The molecular formula is C26H23N3O3. The second kappa shape index (κ2) is 7.96. The van der Waals surface area contributed by atoms with E-state index >= 15 is 0 Å². The lowest BCUT2D eigenvalue weighted by Crippen LogP contribution is -2.52. The van der Waals surface area contributed by atoms with E-state index in [0.29, 0.717) is 43.0 Å². The van der Waals surface area contributed by atoms with Crippen molar-refractivity contribution in [1.29, 1.82) is 0 Å². The Morgan fingerprint density at radius 3 is 2.16 bits per heavy atom. The van der Waals surface area contributed by atoms with Crippen molar-refractivity contribution < 1.29 is 14.4 Å². The van der Waals surface area contributed by atoms with Crippen molar-refractivity contribution in [3.8, 4) is 0 Å². The van der Waals surface area contributed by atoms with Gasteiger partial charge in [-0.15, -0.1) is 0 Å². The molecule has 1 fully saturated rings. The Labute approximate surface area is 185 Å². The Morgan fingerprint density at radius 1 is 0.750 bits per heavy atom. The van der Waals surface area contributed by atoms with Crippen LogP contribution in [-0.2, 0) is 4.79 Å². The van der Waals surface area contributed by atoms with Crippen LogP contribution in [0.3, 0.4) is 0 Å². The van der Waals surface area contributed by atoms with Crippen molar-refractivity contribution >= 4 is 39.3 Å². The predicted octanol–water partition coefficient (Wildman–Crippen LogP) is 3.80. The number of nitrogens with zero attached hydrogens (tertiary/aromatic N) is 2. The van der Waals surface area contributed by atoms with Gasteiger partial charge in [-0.2, -0.15) is 0 Å². The Hall–Kier alpha value is -3.93. The van der Waals surface area contributed by atoms with Gasteiger partial charge in [-0.25, -0.2) is 0 Å². The zero-order chi connectivity index (χ0) is 22.2. The number of benzene rings is 3. The second-order valence-electron chi connectivity index (χ2n) is 8.11. The summed E-state index contributed by atoms with van der Waals surface area (Å²) in [4.78, 5) is 45.6. The van der Waals surface area contributed by atoms with Crippen LogP contribution in [0.25, 0.3) is 21.7 Å². The molecule has 0 radical (unpaired) electrons. The summed E-state index contributed by atoms with van der Waals surface area (Å²) in [5.74, 6) is -1.07. The number of amides is 2. The van der Waals surface area contributed by atoms with Crippen molar-refractivity contribution in [2.24, 2.45) is 0 Å². The van der Waals surface area contributed by atoms with E-state index in [2.05, 4.69) is 4.98 Å². The number of piperazine rings is 1. The molecule has 2 heterocycles. The third-order valence-corrected chi connectivity index (χ3v) is 6.19. The zero-order valence-corrected chi connectivity index (χ0v) is 17.8. The summed E-state index contributed by atoms with van der Waals surface area (Å²) in [6.45, 7) is 3.27. The van der Waals surface area contributed by atoms with Crippen LogP contribution in [0.15, 0.2) is 66.7 Å². The largest absolute Gasteiger partial charge is 0.358 e. The number of hydrogen-bond acceptors (Lipinski definition) is 3. The highest BCUT2D eigenvalue weighted by Gasteiger charge is 2.31. The smallest absolute Gasteiger partial charge is 0.295 e. The molecule has 0 saturated carbocycles. The number of ketones is 1. The maximum Gasteiger partial charge on any atom is 0.295 e. The van der Waals surface area contributed by atoms with Crippen LogP contribution < -0.4 is 0 Å². The number of aromatic nitrogens is 1. The fourth-order valence-corrected chi connectivity index (χ4v) is 4.51. The quantitative estimate of drug-likeness (QED) is 0.401. The van der Waals surface area contributed by atoms with E-state index in [0.717, 1.165) is 21.7 Å². The number of H-pyrrole nitrogens is 1. The molecular weight excluding hydrogens is 402 g/mol. The van der Waals surface area contributed by atoms with Crippen LogP contribution in [0.5, 0.6) is 0 Å². The minimum atomic E-state index is -0.518. The molecule has 5 rings (SSSR count). The third kappa shape index (κ3) is 3.34. The number of carbonyl (C=O) groups excluding carboxylic acids is 3. The Bertz CT molecular complexity index is 1360. The number of nitrogens with one attached hydrogen (secondary N) is 1. The van der Waals surface area contributed by atoms with E-state index in [4.69, 9.17) is 0 Å². The van der Waals surface area contributed by atoms with Gasteiger partial charge in [0, 0.05) is 48.3 Å². The van der Waals surface area contributed by atoms with Crippen LogP contribution in [0.2, 0.25) is 0 Å². The summed E-state index contributed by atoms with van der Waals surface area (Å²) >= 11 is 0. The lowest BCUT2D eigenvalue weighted by atomic mass is 10.0. The number of aromatic amines is 1. The van der Waals surface area contributed by atoms with Crippen molar-refractivity contribution in [2.75, 3.05) is 26.2 Å². The molecule has 0 unspecified atom stereocenters. The first-order chi connectivity index (χ1) is 15.5. The summed E-state index contributed by atoms with van der Waals surface area (Å²) in [5.41, 5.74) is 2.62. The van der Waals surface area contributed by atoms with Gasteiger partial charge in [-0.05, 0) is 29.8 Å². The molecule has 0 spiro atoms. The van der Waals surface area contributed by atoms with E-state index in [1.807, 2.05) is 66.7 Å². The standard InChI is InChI=1S/C26H23N3O3/c1-17-23(21-10-4-5-12-22(21)27-17)24(30)26(32)29-15-13-28(14-16-29)25(31)20-11-6-8-18-7-2-3-9-19(18)20/h2-12,27H,13-16H2,1H3. The topological polar surface area (TPSA) is 73.5 Å². The zero-order valence-electron chi connectivity index (χ0n) is 17.8. The van der Waals surface area contributed by atoms with Gasteiger partial charge in [0.25, 0.3) is 17.6 Å². The fraction of sp³-hybridized carbons (Fsp3) is 0.192. The number of aryl methyl sites for hydroxylation is 1. The highest BCUT2D eigenvalue weighted by Crippen LogP contribution is 2.24. The van der Waals surface area contributed by atoms with Crippen molar-refractivity contribution in [1.82, 2.24) is 14.8 Å². The summed E-state index contributed by atoms with van der Waals surface area (Å²) in [5, 5.41) is 2.70. The van der Waals surface area contributed by atoms with E-state index in [-0.39, 0.29) is 5.91 Å². The minimum absolute atomic E-state index is 0.0484. The minimum Gasteiger partial charge on any atom is -0.358 e. The van der Waals surface area contributed by atoms with Gasteiger partial charge >= 0.3 is 0 Å². The van der Waals surface area contributed by atoms with Crippen LogP contribution in [0.4, 0.5) is 0 Å². The normalized spacial score (nSPS) is 14.2. The van der Waals surface area contributed by atoms with E-state index < -0.39 is 11.7 Å². The first-order valence-electron chi connectivity index (χ1n) is 10.7. The van der Waals surface area contributed by atoms with Crippen LogP contribution in [0, 0.1) is 6.92 Å². The molecule has 2 amide bonds. The van der Waals surface area contributed by atoms with Crippen LogP contribution >= 0.6 is 0 Å². The molecule has 6 nitrogen and oxygen atoms in total. The monoisotopic (exact) mass is 425 g/mol. The number of para-hydroxylation sites is 1. The Kier molecular flexibility index (Phi) is 4.98. The highest BCUT2D eigenvalue weighted by molar-refractivity contribution is 6.45. The average Bonchev–Trinajstić information content (AvgIpc) is 3.18. The summed E-state index contributed by atoms with van der Waals surface area (Å²) in [6.07, 6.45) is 0. The summed E-state index contributed by atoms with van der Waals surface area (Å²) in [6, 6.07) is 21.0. The summed E-state index contributed by atoms with van der Waals surface area (Å²) in [7, 11) is 0. The third-order valence-electron chi connectivity index (χ3n) is 6.19. The van der Waals surface area contributed by atoms with Gasteiger partial charge in [0.15, 0.2) is 0 Å². The molecule has 0 bridgehead atoms. The molecule has 1 aliphatic heterocycles. The number of carbonyl (C=O) groups is 3. The second-order valence-corrected chi connectivity index (χ2v) is 8.11. The Morgan fingerprint density at radius 2 is 1.38 bits per heavy atom. The van der Waals surface area contributed by atoms with E-state index in [1.54, 1.807) is 16.7 Å². The molecule has 1 aliphatic rings. The van der Waals surface area contributed by atoms with E-state index in [1.165, 1.54) is 0 Å². The molecule has 1 saturated heterocycles.